The molecule has 8 rings (SSSR count). The number of carbonyl (C=O) groups is 2. The van der Waals surface area contributed by atoms with Crippen LogP contribution in [-0.4, -0.2) is 41.1 Å². The van der Waals surface area contributed by atoms with E-state index in [9.17, 15) is 14.7 Å². The van der Waals surface area contributed by atoms with Crippen molar-refractivity contribution in [3.8, 4) is 5.75 Å². The van der Waals surface area contributed by atoms with Gasteiger partial charge in [0.2, 0.25) is 0 Å². The number of hydrogen-bond donors (Lipinski definition) is 1. The summed E-state index contributed by atoms with van der Waals surface area (Å²) in [6, 6.07) is 2.24. The van der Waals surface area contributed by atoms with E-state index in [1.807, 2.05) is 0 Å². The molecule has 182 valence electrons. The maximum absolute atomic E-state index is 15.4. The second-order valence-corrected chi connectivity index (χ2v) is 12.8. The number of rotatable bonds is 6. The number of ether oxygens (including phenoxy) is 1. The summed E-state index contributed by atoms with van der Waals surface area (Å²) >= 11 is 0. The Morgan fingerprint density at radius 2 is 1.68 bits per heavy atom. The Morgan fingerprint density at radius 3 is 2.24 bits per heavy atom. The molecule has 1 amide bonds. The van der Waals surface area contributed by atoms with Crippen LogP contribution >= 0.6 is 0 Å². The molecule has 0 unspecified atom stereocenters. The summed E-state index contributed by atoms with van der Waals surface area (Å²) in [5, 5.41) is 9.68. The Kier molecular flexibility index (Phi) is 4.49. The third-order valence-electron chi connectivity index (χ3n) is 10.1. The Bertz CT molecular complexity index is 1020. The molecule has 6 saturated carbocycles. The van der Waals surface area contributed by atoms with Crippen molar-refractivity contribution in [1.82, 2.24) is 4.90 Å². The molecule has 34 heavy (non-hydrogen) atoms. The topological polar surface area (TPSA) is 66.8 Å². The summed E-state index contributed by atoms with van der Waals surface area (Å²) in [6.45, 7) is 1.07. The van der Waals surface area contributed by atoms with Crippen LogP contribution in [0.2, 0.25) is 0 Å². The van der Waals surface area contributed by atoms with Gasteiger partial charge in [-0.1, -0.05) is 0 Å². The molecule has 1 spiro atoms. The molecule has 1 atom stereocenters. The average molecular weight is 468 g/mol. The maximum atomic E-state index is 15.4. The minimum Gasteiger partial charge on any atom is -0.493 e. The highest BCUT2D eigenvalue weighted by Gasteiger charge is 2.56. The van der Waals surface area contributed by atoms with E-state index in [0.717, 1.165) is 49.0 Å². The fourth-order valence-electron chi connectivity index (χ4n) is 8.46. The molecular weight excluding hydrogens is 433 g/mol. The quantitative estimate of drug-likeness (QED) is 0.610. The first kappa shape index (κ1) is 21.2. The van der Waals surface area contributed by atoms with Crippen LogP contribution < -0.4 is 4.74 Å². The van der Waals surface area contributed by atoms with E-state index in [-0.39, 0.29) is 16.4 Å². The monoisotopic (exact) mass is 467 g/mol. The van der Waals surface area contributed by atoms with Gasteiger partial charge in [-0.25, -0.2) is 9.18 Å². The van der Waals surface area contributed by atoms with Crippen LogP contribution in [0.5, 0.6) is 5.75 Å². The van der Waals surface area contributed by atoms with Crippen LogP contribution in [0.25, 0.3) is 0 Å². The summed E-state index contributed by atoms with van der Waals surface area (Å²) in [6.07, 6.45) is 12.3. The van der Waals surface area contributed by atoms with Crippen molar-refractivity contribution in [2.45, 2.75) is 82.6 Å². The molecule has 0 radical (unpaired) electrons. The highest BCUT2D eigenvalue weighted by atomic mass is 19.1. The zero-order chi connectivity index (χ0) is 23.2. The van der Waals surface area contributed by atoms with Gasteiger partial charge in [-0.3, -0.25) is 4.79 Å². The van der Waals surface area contributed by atoms with Crippen molar-refractivity contribution in [3.63, 3.8) is 0 Å². The van der Waals surface area contributed by atoms with Gasteiger partial charge in [0.05, 0.1) is 12.2 Å². The molecular formula is C28H34FNO4. The van der Waals surface area contributed by atoms with Crippen LogP contribution in [0.1, 0.15) is 92.5 Å². The first-order valence-electron chi connectivity index (χ1n) is 13.3. The third-order valence-corrected chi connectivity index (χ3v) is 10.1. The first-order valence-corrected chi connectivity index (χ1v) is 13.3. The molecule has 6 heteroatoms. The fraction of sp³-hybridized carbons (Fsp3) is 0.714. The van der Waals surface area contributed by atoms with Crippen molar-refractivity contribution >= 4 is 11.9 Å². The van der Waals surface area contributed by atoms with Crippen molar-refractivity contribution in [3.05, 3.63) is 29.1 Å². The number of benzene rings is 1. The number of aliphatic carboxylic acids is 1. The number of nitrogens with zero attached hydrogens (tertiary/aromatic N) is 1. The second-order valence-electron chi connectivity index (χ2n) is 12.8. The Labute approximate surface area is 200 Å². The van der Waals surface area contributed by atoms with Crippen molar-refractivity contribution in [1.29, 1.82) is 0 Å². The Hall–Kier alpha value is -2.11. The first-order chi connectivity index (χ1) is 16.3. The summed E-state index contributed by atoms with van der Waals surface area (Å²) in [5.41, 5.74) is 1.12. The van der Waals surface area contributed by atoms with Crippen LogP contribution in [0.15, 0.2) is 12.1 Å². The highest BCUT2D eigenvalue weighted by Crippen LogP contribution is 2.60. The predicted octanol–water partition coefficient (Wildman–Crippen LogP) is 5.38. The van der Waals surface area contributed by atoms with Gasteiger partial charge in [0.15, 0.2) is 0 Å². The molecule has 1 heterocycles. The summed E-state index contributed by atoms with van der Waals surface area (Å²) in [4.78, 5) is 26.6. The smallest absolute Gasteiger partial charge is 0.326 e. The van der Waals surface area contributed by atoms with Gasteiger partial charge in [-0.2, -0.15) is 0 Å². The van der Waals surface area contributed by atoms with E-state index >= 15 is 4.39 Å². The lowest BCUT2D eigenvalue weighted by Crippen LogP contribution is -2.48. The van der Waals surface area contributed by atoms with Crippen LogP contribution in [0.4, 0.5) is 4.39 Å². The molecule has 1 aromatic rings. The number of carbonyl (C=O) groups excluding carboxylic acids is 1. The van der Waals surface area contributed by atoms with Crippen molar-refractivity contribution in [2.24, 2.45) is 28.6 Å². The molecule has 4 bridgehead atoms. The number of carboxylic acid groups (broad SMARTS) is 1. The summed E-state index contributed by atoms with van der Waals surface area (Å²) in [7, 11) is 0. The van der Waals surface area contributed by atoms with E-state index in [1.54, 1.807) is 6.07 Å². The Morgan fingerprint density at radius 1 is 1.03 bits per heavy atom. The molecule has 1 aliphatic heterocycles. The zero-order valence-corrected chi connectivity index (χ0v) is 19.7. The van der Waals surface area contributed by atoms with Gasteiger partial charge in [-0.05, 0) is 111 Å². The van der Waals surface area contributed by atoms with Crippen molar-refractivity contribution < 1.29 is 23.8 Å². The number of halogens is 1. The van der Waals surface area contributed by atoms with E-state index in [1.165, 1.54) is 49.5 Å². The number of likely N-dealkylation sites (tertiary alicyclic amines) is 1. The van der Waals surface area contributed by atoms with E-state index < -0.39 is 23.7 Å². The third kappa shape index (κ3) is 3.46. The molecule has 1 N–H and O–H groups in total. The standard InChI is InChI=1S/C28H34FNO4/c29-22-9-24(34-15-28-10-16-5-17(11-28)7-18(6-16)12-28)20(19-1-2-19)8-21(22)25(31)30-14-27(3-4-27)13-23(30)26(32)33/h8-9,16-19,23H,1-7,10-15H2,(H,32,33)/t16?,17?,18?,23-,28?/m0/s1. The van der Waals surface area contributed by atoms with E-state index in [2.05, 4.69) is 0 Å². The average Bonchev–Trinajstić information content (AvgIpc) is 3.69. The lowest BCUT2D eigenvalue weighted by atomic mass is 9.50. The van der Waals surface area contributed by atoms with Crippen LogP contribution in [-0.2, 0) is 4.79 Å². The molecule has 1 aromatic carbocycles. The van der Waals surface area contributed by atoms with Gasteiger partial charge in [-0.15, -0.1) is 0 Å². The molecule has 5 nitrogen and oxygen atoms in total. The zero-order valence-electron chi connectivity index (χ0n) is 19.7. The van der Waals surface area contributed by atoms with E-state index in [4.69, 9.17) is 4.74 Å². The fourth-order valence-corrected chi connectivity index (χ4v) is 8.46. The lowest BCUT2D eigenvalue weighted by molar-refractivity contribution is -0.141. The minimum absolute atomic E-state index is 0.00741. The molecule has 7 aliphatic rings. The Balaban J connectivity index is 1.14. The molecule has 6 aliphatic carbocycles. The number of hydrogen-bond acceptors (Lipinski definition) is 3. The molecule has 1 saturated heterocycles. The van der Waals surface area contributed by atoms with Crippen LogP contribution in [0, 0.1) is 34.4 Å². The normalized spacial score (nSPS) is 36.8. The minimum atomic E-state index is -0.990. The van der Waals surface area contributed by atoms with Gasteiger partial charge in [0, 0.05) is 18.0 Å². The number of carboxylic acids is 1. The molecule has 0 aromatic heterocycles. The van der Waals surface area contributed by atoms with Gasteiger partial charge >= 0.3 is 5.97 Å². The maximum Gasteiger partial charge on any atom is 0.326 e. The van der Waals surface area contributed by atoms with Gasteiger partial charge in [0.1, 0.15) is 17.6 Å². The molecule has 7 fully saturated rings. The predicted molar refractivity (Wildman–Crippen MR) is 123 cm³/mol. The lowest BCUT2D eigenvalue weighted by Gasteiger charge is -2.56. The van der Waals surface area contributed by atoms with Gasteiger partial charge in [0.25, 0.3) is 5.91 Å². The second kappa shape index (κ2) is 7.20. The summed E-state index contributed by atoms with van der Waals surface area (Å²) in [5.74, 6) is 1.37. The van der Waals surface area contributed by atoms with Crippen LogP contribution in [0.3, 0.4) is 0 Å². The van der Waals surface area contributed by atoms with Gasteiger partial charge < -0.3 is 14.7 Å². The highest BCUT2D eigenvalue weighted by molar-refractivity contribution is 5.97. The van der Waals surface area contributed by atoms with E-state index in [0.29, 0.717) is 31.2 Å². The SMILES string of the molecule is O=C(O)[C@@H]1CC2(CC2)CN1C(=O)c1cc(C2CC2)c(OCC23CC4CC(CC(C4)C2)C3)cc1F. The van der Waals surface area contributed by atoms with Crippen molar-refractivity contribution in [2.75, 3.05) is 13.2 Å². The summed E-state index contributed by atoms with van der Waals surface area (Å²) < 4.78 is 21.8. The number of amides is 1. The largest absolute Gasteiger partial charge is 0.493 e.